The van der Waals surface area contributed by atoms with E-state index in [-0.39, 0.29) is 0 Å². The van der Waals surface area contributed by atoms with Crippen molar-refractivity contribution in [3.8, 4) is 0 Å². The summed E-state index contributed by atoms with van der Waals surface area (Å²) in [7, 11) is 0. The summed E-state index contributed by atoms with van der Waals surface area (Å²) in [5, 5.41) is 2.15. The van der Waals surface area contributed by atoms with Gasteiger partial charge in [-0.15, -0.1) is 0 Å². The van der Waals surface area contributed by atoms with Gasteiger partial charge in [0.1, 0.15) is 0 Å². The van der Waals surface area contributed by atoms with Crippen LogP contribution in [0, 0.1) is 6.92 Å². The summed E-state index contributed by atoms with van der Waals surface area (Å²) in [4.78, 5) is 0. The molecule has 0 saturated carbocycles. The van der Waals surface area contributed by atoms with Crippen LogP contribution in [0.3, 0.4) is 0 Å². The van der Waals surface area contributed by atoms with Gasteiger partial charge in [0.05, 0.1) is 5.52 Å². The van der Waals surface area contributed by atoms with Crippen LogP contribution >= 0.6 is 11.6 Å². The maximum atomic E-state index is 6.24. The van der Waals surface area contributed by atoms with Gasteiger partial charge in [0.25, 0.3) is 0 Å². The smallest absolute Gasteiger partial charge is 0.0527 e. The number of halogens is 1. The molecule has 0 aliphatic carbocycles. The number of hydrogen-bond acceptors (Lipinski definition) is 1. The number of nitrogens with zero attached hydrogens (tertiary/aromatic N) is 1. The van der Waals surface area contributed by atoms with Gasteiger partial charge in [0.15, 0.2) is 0 Å². The number of nitrogens with two attached hydrogens (primary N) is 1. The summed E-state index contributed by atoms with van der Waals surface area (Å²) in [5.74, 6) is 0. The Hall–Kier alpha value is -0.990. The Kier molecular flexibility index (Phi) is 4.31. The van der Waals surface area contributed by atoms with Crippen molar-refractivity contribution in [1.29, 1.82) is 0 Å². The lowest BCUT2D eigenvalue weighted by atomic mass is 10.1. The molecule has 0 aliphatic heterocycles. The zero-order valence-corrected chi connectivity index (χ0v) is 11.9. The topological polar surface area (TPSA) is 30.9 Å². The summed E-state index contributed by atoms with van der Waals surface area (Å²) < 4.78 is 2.34. The van der Waals surface area contributed by atoms with Gasteiger partial charge in [-0.3, -0.25) is 0 Å². The van der Waals surface area contributed by atoms with Crippen LogP contribution in [0.4, 0.5) is 0 Å². The van der Waals surface area contributed by atoms with Gasteiger partial charge in [0.2, 0.25) is 0 Å². The number of aromatic nitrogens is 1. The average Bonchev–Trinajstić information content (AvgIpc) is 2.71. The molecule has 1 heterocycles. The molecular weight excluding hydrogens is 244 g/mol. The molecule has 3 heteroatoms. The number of rotatable bonds is 5. The molecular formula is C15H21ClN2. The minimum atomic E-state index is 0.689. The predicted molar refractivity (Wildman–Crippen MR) is 79.4 cm³/mol. The summed E-state index contributed by atoms with van der Waals surface area (Å²) in [6.45, 7) is 6.05. The largest absolute Gasteiger partial charge is 0.347 e. The molecule has 0 saturated heterocycles. The second kappa shape index (κ2) is 5.77. The molecule has 0 fully saturated rings. The van der Waals surface area contributed by atoms with Crippen LogP contribution in [0.2, 0.25) is 5.02 Å². The Morgan fingerprint density at radius 3 is 2.78 bits per heavy atom. The number of fused-ring (bicyclic) bond motifs is 1. The number of aryl methyl sites for hydroxylation is 2. The lowest BCUT2D eigenvalue weighted by Crippen LogP contribution is -2.02. The van der Waals surface area contributed by atoms with E-state index in [0.29, 0.717) is 6.54 Å². The zero-order chi connectivity index (χ0) is 13.1. The van der Waals surface area contributed by atoms with Gasteiger partial charge in [0, 0.05) is 23.2 Å². The van der Waals surface area contributed by atoms with Crippen molar-refractivity contribution in [3.05, 3.63) is 34.5 Å². The number of unbranched alkanes of at least 4 members (excludes halogenated alkanes) is 1. The Balaban J connectivity index is 2.57. The van der Waals surface area contributed by atoms with E-state index in [0.717, 1.165) is 18.0 Å². The Morgan fingerprint density at radius 2 is 2.11 bits per heavy atom. The molecule has 0 amide bonds. The van der Waals surface area contributed by atoms with Crippen molar-refractivity contribution >= 4 is 22.5 Å². The van der Waals surface area contributed by atoms with Gasteiger partial charge >= 0.3 is 0 Å². The first-order valence-electron chi connectivity index (χ1n) is 6.66. The molecule has 0 atom stereocenters. The van der Waals surface area contributed by atoms with Crippen LogP contribution in [-0.2, 0) is 13.0 Å². The first-order chi connectivity index (χ1) is 8.69. The minimum Gasteiger partial charge on any atom is -0.347 e. The van der Waals surface area contributed by atoms with Crippen LogP contribution < -0.4 is 5.73 Å². The monoisotopic (exact) mass is 264 g/mol. The van der Waals surface area contributed by atoms with Crippen LogP contribution in [-0.4, -0.2) is 11.1 Å². The fourth-order valence-electron chi connectivity index (χ4n) is 2.49. The van der Waals surface area contributed by atoms with Crippen LogP contribution in [0.25, 0.3) is 10.9 Å². The summed E-state index contributed by atoms with van der Waals surface area (Å²) in [6.07, 6.45) is 5.57. The summed E-state index contributed by atoms with van der Waals surface area (Å²) in [6, 6.07) is 4.11. The van der Waals surface area contributed by atoms with Gasteiger partial charge < -0.3 is 10.3 Å². The van der Waals surface area contributed by atoms with Gasteiger partial charge in [-0.25, -0.2) is 0 Å². The minimum absolute atomic E-state index is 0.689. The Labute approximate surface area is 114 Å². The highest BCUT2D eigenvalue weighted by molar-refractivity contribution is 6.32. The van der Waals surface area contributed by atoms with E-state index < -0.39 is 0 Å². The Bertz CT molecular complexity index is 543. The van der Waals surface area contributed by atoms with Crippen molar-refractivity contribution in [3.63, 3.8) is 0 Å². The predicted octanol–water partition coefficient (Wildman–Crippen LogP) is 3.90. The third-order valence-corrected chi connectivity index (χ3v) is 3.89. The van der Waals surface area contributed by atoms with Crippen molar-refractivity contribution < 1.29 is 0 Å². The molecule has 2 N–H and O–H groups in total. The van der Waals surface area contributed by atoms with E-state index in [2.05, 4.69) is 30.7 Å². The van der Waals surface area contributed by atoms with E-state index in [1.807, 2.05) is 6.07 Å². The second-order valence-corrected chi connectivity index (χ2v) is 5.22. The number of benzene rings is 1. The maximum Gasteiger partial charge on any atom is 0.0527 e. The third-order valence-electron chi connectivity index (χ3n) is 3.48. The Morgan fingerprint density at radius 1 is 1.33 bits per heavy atom. The molecule has 0 bridgehead atoms. The van der Waals surface area contributed by atoms with Crippen LogP contribution in [0.5, 0.6) is 0 Å². The van der Waals surface area contributed by atoms with Crippen molar-refractivity contribution in [2.24, 2.45) is 5.73 Å². The SMILES string of the molecule is CCCCn1cc(CCN)c2ccc(Cl)c(C)c21. The molecule has 18 heavy (non-hydrogen) atoms. The van der Waals surface area contributed by atoms with E-state index in [1.54, 1.807) is 0 Å². The second-order valence-electron chi connectivity index (χ2n) is 4.81. The third kappa shape index (κ3) is 2.40. The molecule has 0 radical (unpaired) electrons. The van der Waals surface area contributed by atoms with E-state index in [9.17, 15) is 0 Å². The van der Waals surface area contributed by atoms with Gasteiger partial charge in [-0.2, -0.15) is 0 Å². The highest BCUT2D eigenvalue weighted by Gasteiger charge is 2.11. The first kappa shape index (κ1) is 13.4. The molecule has 2 nitrogen and oxygen atoms in total. The van der Waals surface area contributed by atoms with Crippen molar-refractivity contribution in [2.75, 3.05) is 6.54 Å². The number of hydrogen-bond donors (Lipinski definition) is 1. The molecule has 1 aromatic heterocycles. The fraction of sp³-hybridized carbons (Fsp3) is 0.467. The van der Waals surface area contributed by atoms with Crippen LogP contribution in [0.1, 0.15) is 30.9 Å². The molecule has 0 spiro atoms. The molecule has 2 aromatic rings. The van der Waals surface area contributed by atoms with E-state index in [4.69, 9.17) is 17.3 Å². The highest BCUT2D eigenvalue weighted by atomic mass is 35.5. The average molecular weight is 265 g/mol. The van der Waals surface area contributed by atoms with E-state index >= 15 is 0 Å². The first-order valence-corrected chi connectivity index (χ1v) is 7.03. The molecule has 0 aliphatic rings. The molecule has 2 rings (SSSR count). The van der Waals surface area contributed by atoms with Gasteiger partial charge in [-0.05, 0) is 43.5 Å². The summed E-state index contributed by atoms with van der Waals surface area (Å²) in [5.41, 5.74) is 9.48. The normalized spacial score (nSPS) is 11.3. The zero-order valence-electron chi connectivity index (χ0n) is 11.2. The maximum absolute atomic E-state index is 6.24. The summed E-state index contributed by atoms with van der Waals surface area (Å²) >= 11 is 6.24. The highest BCUT2D eigenvalue weighted by Crippen LogP contribution is 2.29. The van der Waals surface area contributed by atoms with Crippen molar-refractivity contribution in [1.82, 2.24) is 4.57 Å². The molecule has 1 aromatic carbocycles. The quantitative estimate of drug-likeness (QED) is 0.872. The lowest BCUT2D eigenvalue weighted by Gasteiger charge is -2.07. The standard InChI is InChI=1S/C15H21ClN2/c1-3-4-9-18-10-12(7-8-17)13-5-6-14(16)11(2)15(13)18/h5-6,10H,3-4,7-9,17H2,1-2H3. The fourth-order valence-corrected chi connectivity index (χ4v) is 2.64. The van der Waals surface area contributed by atoms with Gasteiger partial charge in [-0.1, -0.05) is 31.0 Å². The van der Waals surface area contributed by atoms with Crippen molar-refractivity contribution in [2.45, 2.75) is 39.7 Å². The molecule has 98 valence electrons. The van der Waals surface area contributed by atoms with E-state index in [1.165, 1.54) is 34.9 Å². The van der Waals surface area contributed by atoms with Crippen LogP contribution in [0.15, 0.2) is 18.3 Å². The molecule has 0 unspecified atom stereocenters. The lowest BCUT2D eigenvalue weighted by molar-refractivity contribution is 0.647.